The van der Waals surface area contributed by atoms with Gasteiger partial charge >= 0.3 is 0 Å². The predicted octanol–water partition coefficient (Wildman–Crippen LogP) is 2.35. The highest BCUT2D eigenvalue weighted by molar-refractivity contribution is 5.97. The summed E-state index contributed by atoms with van der Waals surface area (Å²) in [5, 5.41) is 12.6. The zero-order valence-electron chi connectivity index (χ0n) is 11.4. The number of amides is 1. The smallest absolute Gasteiger partial charge is 0.255 e. The molecule has 20 heavy (non-hydrogen) atoms. The molecule has 1 atom stereocenters. The van der Waals surface area contributed by atoms with E-state index in [-0.39, 0.29) is 23.3 Å². The van der Waals surface area contributed by atoms with Gasteiger partial charge in [-0.25, -0.2) is 0 Å². The fourth-order valence-electron chi connectivity index (χ4n) is 1.91. The van der Waals surface area contributed by atoms with Gasteiger partial charge in [0.25, 0.3) is 5.91 Å². The summed E-state index contributed by atoms with van der Waals surface area (Å²) in [6.45, 7) is 1.88. The van der Waals surface area contributed by atoms with Gasteiger partial charge in [0, 0.05) is 18.5 Å². The Kier molecular flexibility index (Phi) is 4.30. The summed E-state index contributed by atoms with van der Waals surface area (Å²) in [6.07, 6.45) is 2.19. The molecule has 1 amide bonds. The number of benzene rings is 1. The Hall–Kier alpha value is -2.43. The van der Waals surface area contributed by atoms with Gasteiger partial charge in [0.05, 0.1) is 18.9 Å². The first-order valence-electron chi connectivity index (χ1n) is 6.30. The van der Waals surface area contributed by atoms with Crippen LogP contribution >= 0.6 is 0 Å². The number of rotatable bonds is 5. The number of aromatic hydroxyl groups is 1. The summed E-state index contributed by atoms with van der Waals surface area (Å²) in [7, 11) is 1.50. The Morgan fingerprint density at radius 2 is 2.25 bits per heavy atom. The highest BCUT2D eigenvalue weighted by Gasteiger charge is 2.15. The van der Waals surface area contributed by atoms with Crippen molar-refractivity contribution in [3.05, 3.63) is 47.9 Å². The Balaban J connectivity index is 2.00. The van der Waals surface area contributed by atoms with Gasteiger partial charge in [0.15, 0.2) is 0 Å². The van der Waals surface area contributed by atoms with Crippen LogP contribution in [0.25, 0.3) is 0 Å². The van der Waals surface area contributed by atoms with E-state index in [2.05, 4.69) is 5.32 Å². The number of hydrogen-bond donors (Lipinski definition) is 2. The average molecular weight is 275 g/mol. The summed E-state index contributed by atoms with van der Waals surface area (Å²) in [4.78, 5) is 12.1. The molecule has 2 aromatic rings. The molecule has 0 radical (unpaired) electrons. The second-order valence-electron chi connectivity index (χ2n) is 4.54. The third-order valence-electron chi connectivity index (χ3n) is 2.91. The highest BCUT2D eigenvalue weighted by atomic mass is 16.5. The molecule has 0 spiro atoms. The molecular weight excluding hydrogens is 258 g/mol. The predicted molar refractivity (Wildman–Crippen MR) is 74.0 cm³/mol. The molecule has 0 fully saturated rings. The van der Waals surface area contributed by atoms with Crippen LogP contribution in [0.2, 0.25) is 0 Å². The maximum Gasteiger partial charge on any atom is 0.255 e. The summed E-state index contributed by atoms with van der Waals surface area (Å²) in [5.41, 5.74) is 0.220. The van der Waals surface area contributed by atoms with E-state index in [0.29, 0.717) is 12.2 Å². The van der Waals surface area contributed by atoms with Crippen molar-refractivity contribution < 1.29 is 19.1 Å². The lowest BCUT2D eigenvalue weighted by molar-refractivity contribution is 0.0936. The van der Waals surface area contributed by atoms with Crippen LogP contribution in [0.5, 0.6) is 11.5 Å². The monoisotopic (exact) mass is 275 g/mol. The molecule has 106 valence electrons. The van der Waals surface area contributed by atoms with E-state index in [1.54, 1.807) is 18.4 Å². The van der Waals surface area contributed by atoms with Crippen LogP contribution in [-0.2, 0) is 6.42 Å². The number of furan rings is 1. The Labute approximate surface area is 117 Å². The molecule has 5 heteroatoms. The van der Waals surface area contributed by atoms with Gasteiger partial charge in [0.2, 0.25) is 0 Å². The van der Waals surface area contributed by atoms with Crippen LogP contribution in [0.15, 0.2) is 41.0 Å². The topological polar surface area (TPSA) is 71.7 Å². The van der Waals surface area contributed by atoms with Crippen molar-refractivity contribution in [3.8, 4) is 11.5 Å². The number of phenolic OH excluding ortho intramolecular Hbond substituents is 1. The van der Waals surface area contributed by atoms with Crippen LogP contribution in [0.1, 0.15) is 23.0 Å². The van der Waals surface area contributed by atoms with E-state index in [1.165, 1.54) is 19.2 Å². The second-order valence-corrected chi connectivity index (χ2v) is 4.54. The molecule has 0 unspecified atom stereocenters. The van der Waals surface area contributed by atoms with Gasteiger partial charge in [0.1, 0.15) is 17.3 Å². The fraction of sp³-hybridized carbons (Fsp3) is 0.267. The third-order valence-corrected chi connectivity index (χ3v) is 2.91. The Morgan fingerprint density at radius 3 is 2.85 bits per heavy atom. The number of ether oxygens (including phenoxy) is 1. The molecule has 1 aromatic heterocycles. The van der Waals surface area contributed by atoms with Crippen molar-refractivity contribution in [2.24, 2.45) is 0 Å². The Bertz CT molecular complexity index is 578. The van der Waals surface area contributed by atoms with Gasteiger partial charge in [-0.1, -0.05) is 0 Å². The number of carbonyl (C=O) groups excluding carboxylic acids is 1. The van der Waals surface area contributed by atoms with E-state index in [4.69, 9.17) is 9.15 Å². The quantitative estimate of drug-likeness (QED) is 0.878. The molecule has 0 saturated heterocycles. The van der Waals surface area contributed by atoms with E-state index in [1.807, 2.05) is 13.0 Å². The second kappa shape index (κ2) is 6.14. The van der Waals surface area contributed by atoms with Crippen molar-refractivity contribution in [2.45, 2.75) is 19.4 Å². The first-order chi connectivity index (χ1) is 9.60. The molecule has 1 aromatic carbocycles. The van der Waals surface area contributed by atoms with Crippen molar-refractivity contribution in [1.82, 2.24) is 5.32 Å². The van der Waals surface area contributed by atoms with Gasteiger partial charge in [-0.3, -0.25) is 4.79 Å². The highest BCUT2D eigenvalue weighted by Crippen LogP contribution is 2.23. The fourth-order valence-corrected chi connectivity index (χ4v) is 1.91. The Morgan fingerprint density at radius 1 is 1.45 bits per heavy atom. The van der Waals surface area contributed by atoms with Gasteiger partial charge in [-0.15, -0.1) is 0 Å². The largest absolute Gasteiger partial charge is 0.507 e. The minimum atomic E-state index is -0.329. The minimum Gasteiger partial charge on any atom is -0.507 e. The molecule has 0 aliphatic rings. The van der Waals surface area contributed by atoms with Crippen LogP contribution in [0.4, 0.5) is 0 Å². The minimum absolute atomic E-state index is 0.102. The van der Waals surface area contributed by atoms with Gasteiger partial charge in [-0.2, -0.15) is 0 Å². The lowest BCUT2D eigenvalue weighted by Crippen LogP contribution is -2.34. The zero-order chi connectivity index (χ0) is 14.5. The number of hydrogen-bond acceptors (Lipinski definition) is 4. The van der Waals surface area contributed by atoms with E-state index in [0.717, 1.165) is 5.76 Å². The number of carbonyl (C=O) groups is 1. The summed E-state index contributed by atoms with van der Waals surface area (Å²) in [6, 6.07) is 8.13. The summed E-state index contributed by atoms with van der Waals surface area (Å²) in [5.74, 6) is 0.871. The van der Waals surface area contributed by atoms with Crippen LogP contribution < -0.4 is 10.1 Å². The molecule has 2 N–H and O–H groups in total. The van der Waals surface area contributed by atoms with E-state index < -0.39 is 0 Å². The van der Waals surface area contributed by atoms with Crippen molar-refractivity contribution in [3.63, 3.8) is 0 Å². The SMILES string of the molecule is COc1ccc(C(=O)N[C@H](C)Cc2ccco2)c(O)c1. The van der Waals surface area contributed by atoms with E-state index >= 15 is 0 Å². The van der Waals surface area contributed by atoms with Crippen molar-refractivity contribution in [1.29, 1.82) is 0 Å². The van der Waals surface area contributed by atoms with Gasteiger partial charge in [-0.05, 0) is 31.2 Å². The van der Waals surface area contributed by atoms with Crippen LogP contribution in [0.3, 0.4) is 0 Å². The summed E-state index contributed by atoms with van der Waals surface area (Å²) >= 11 is 0. The van der Waals surface area contributed by atoms with Crippen molar-refractivity contribution in [2.75, 3.05) is 7.11 Å². The van der Waals surface area contributed by atoms with Crippen LogP contribution in [-0.4, -0.2) is 24.2 Å². The average Bonchev–Trinajstić information content (AvgIpc) is 2.90. The number of phenols is 1. The van der Waals surface area contributed by atoms with Crippen LogP contribution in [0, 0.1) is 0 Å². The van der Waals surface area contributed by atoms with Crippen molar-refractivity contribution >= 4 is 5.91 Å². The lowest BCUT2D eigenvalue weighted by atomic mass is 10.1. The molecule has 2 rings (SSSR count). The molecule has 0 aliphatic heterocycles. The molecule has 0 saturated carbocycles. The maximum atomic E-state index is 12.1. The molecule has 1 heterocycles. The number of methoxy groups -OCH3 is 1. The van der Waals surface area contributed by atoms with E-state index in [9.17, 15) is 9.90 Å². The zero-order valence-corrected chi connectivity index (χ0v) is 11.4. The van der Waals surface area contributed by atoms with Gasteiger partial charge < -0.3 is 19.6 Å². The normalized spacial score (nSPS) is 11.9. The third kappa shape index (κ3) is 3.32. The first-order valence-corrected chi connectivity index (χ1v) is 6.30. The lowest BCUT2D eigenvalue weighted by Gasteiger charge is -2.13. The molecule has 0 aliphatic carbocycles. The maximum absolute atomic E-state index is 12.1. The standard InChI is InChI=1S/C15H17NO4/c1-10(8-12-4-3-7-20-12)16-15(18)13-6-5-11(19-2)9-14(13)17/h3-7,9-10,17H,8H2,1-2H3,(H,16,18)/t10-/m1/s1. The molecule has 0 bridgehead atoms. The number of nitrogens with one attached hydrogen (secondary N) is 1. The molecule has 5 nitrogen and oxygen atoms in total. The summed E-state index contributed by atoms with van der Waals surface area (Å²) < 4.78 is 10.2. The molecular formula is C15H17NO4. The first kappa shape index (κ1) is 14.0.